The van der Waals surface area contributed by atoms with E-state index < -0.39 is 17.4 Å². The molecule has 2 aromatic heterocycles. The van der Waals surface area contributed by atoms with Gasteiger partial charge in [0, 0.05) is 22.2 Å². The lowest BCUT2D eigenvalue weighted by molar-refractivity contribution is -0.136. The van der Waals surface area contributed by atoms with Gasteiger partial charge in [-0.15, -0.1) is 0 Å². The molecule has 0 fully saturated rings. The number of hydrogen-bond acceptors (Lipinski definition) is 2. The molecule has 2 heterocycles. The standard InChI is InChI=1S/C30H18F3NO2/c31-30(32,33)27-23-15-18-26(35)36-25(23)17-16-24(27)34-28(19-9-3-1-4-10-19)21-13-7-8-14-22(21)29(34)20-11-5-2-6-12-20/h1-18H. The molecule has 0 bridgehead atoms. The van der Waals surface area contributed by atoms with Gasteiger partial charge in [-0.1, -0.05) is 84.9 Å². The van der Waals surface area contributed by atoms with Gasteiger partial charge in [0.05, 0.1) is 22.6 Å². The quantitative estimate of drug-likeness (QED) is 0.240. The maximum atomic E-state index is 14.8. The van der Waals surface area contributed by atoms with Crippen LogP contribution >= 0.6 is 0 Å². The number of aromatic nitrogens is 1. The van der Waals surface area contributed by atoms with Crippen LogP contribution < -0.4 is 5.63 Å². The topological polar surface area (TPSA) is 35.1 Å². The molecule has 6 aromatic rings. The minimum absolute atomic E-state index is 0.0437. The second kappa shape index (κ2) is 8.27. The molecule has 0 N–H and O–H groups in total. The third-order valence-corrected chi connectivity index (χ3v) is 6.28. The Kier molecular flexibility index (Phi) is 5.04. The first-order valence-electron chi connectivity index (χ1n) is 11.3. The van der Waals surface area contributed by atoms with Crippen molar-refractivity contribution in [3.63, 3.8) is 0 Å². The Morgan fingerprint density at radius 1 is 0.583 bits per heavy atom. The fraction of sp³-hybridized carbons (Fsp3) is 0.0333. The third kappa shape index (κ3) is 3.50. The fourth-order valence-corrected chi connectivity index (χ4v) is 4.87. The van der Waals surface area contributed by atoms with Crippen molar-refractivity contribution in [1.29, 1.82) is 0 Å². The predicted octanol–water partition coefficient (Wildman–Crippen LogP) is 8.09. The van der Waals surface area contributed by atoms with Crippen LogP contribution in [0.25, 0.3) is 49.9 Å². The molecule has 0 amide bonds. The monoisotopic (exact) mass is 481 g/mol. The van der Waals surface area contributed by atoms with Gasteiger partial charge in [-0.25, -0.2) is 4.79 Å². The summed E-state index contributed by atoms with van der Waals surface area (Å²) in [5.41, 5.74) is 1.13. The van der Waals surface area contributed by atoms with E-state index in [1.165, 1.54) is 18.2 Å². The van der Waals surface area contributed by atoms with Crippen LogP contribution in [0.15, 0.2) is 118 Å². The van der Waals surface area contributed by atoms with E-state index in [9.17, 15) is 18.0 Å². The number of alkyl halides is 3. The van der Waals surface area contributed by atoms with E-state index in [1.54, 1.807) is 4.57 Å². The van der Waals surface area contributed by atoms with Crippen LogP contribution in [0.4, 0.5) is 13.2 Å². The molecule has 4 aromatic carbocycles. The Morgan fingerprint density at radius 2 is 1.11 bits per heavy atom. The zero-order valence-electron chi connectivity index (χ0n) is 18.8. The average molecular weight is 481 g/mol. The van der Waals surface area contributed by atoms with E-state index in [-0.39, 0.29) is 16.7 Å². The molecule has 0 radical (unpaired) electrons. The van der Waals surface area contributed by atoms with Crippen molar-refractivity contribution in [1.82, 2.24) is 4.57 Å². The van der Waals surface area contributed by atoms with E-state index in [0.29, 0.717) is 11.4 Å². The van der Waals surface area contributed by atoms with Crippen LogP contribution in [0, 0.1) is 0 Å². The summed E-state index contributed by atoms with van der Waals surface area (Å²) in [6.07, 6.45) is -4.72. The molecule has 0 unspecified atom stereocenters. The number of rotatable bonds is 3. The van der Waals surface area contributed by atoms with Crippen LogP contribution in [0.1, 0.15) is 5.56 Å². The molecule has 176 valence electrons. The molecule has 0 atom stereocenters. The normalized spacial score (nSPS) is 11.9. The molecule has 0 saturated heterocycles. The van der Waals surface area contributed by atoms with E-state index in [0.717, 1.165) is 28.0 Å². The van der Waals surface area contributed by atoms with E-state index in [1.807, 2.05) is 84.9 Å². The Morgan fingerprint density at radius 3 is 1.64 bits per heavy atom. The van der Waals surface area contributed by atoms with Gasteiger partial charge in [0.2, 0.25) is 0 Å². The molecule has 0 aliphatic heterocycles. The molecule has 6 rings (SSSR count). The van der Waals surface area contributed by atoms with Crippen LogP contribution in [0.5, 0.6) is 0 Å². The van der Waals surface area contributed by atoms with Crippen molar-refractivity contribution in [3.05, 3.63) is 125 Å². The Labute approximate surface area is 203 Å². The van der Waals surface area contributed by atoms with Crippen LogP contribution in [-0.2, 0) is 6.18 Å². The van der Waals surface area contributed by atoms with Crippen LogP contribution in [-0.4, -0.2) is 4.57 Å². The molecule has 3 nitrogen and oxygen atoms in total. The molecule has 36 heavy (non-hydrogen) atoms. The molecular weight excluding hydrogens is 463 g/mol. The van der Waals surface area contributed by atoms with Crippen molar-refractivity contribution < 1.29 is 17.6 Å². The number of hydrogen-bond donors (Lipinski definition) is 0. The predicted molar refractivity (Wildman–Crippen MR) is 135 cm³/mol. The van der Waals surface area contributed by atoms with Crippen molar-refractivity contribution in [2.75, 3.05) is 0 Å². The molecule has 6 heteroatoms. The number of halogens is 3. The summed E-state index contributed by atoms with van der Waals surface area (Å²) < 4.78 is 51.1. The van der Waals surface area contributed by atoms with Crippen LogP contribution in [0.2, 0.25) is 0 Å². The lowest BCUT2D eigenvalue weighted by Crippen LogP contribution is -2.13. The van der Waals surface area contributed by atoms with Gasteiger partial charge >= 0.3 is 11.8 Å². The second-order valence-electron chi connectivity index (χ2n) is 8.43. The number of nitrogens with zero attached hydrogens (tertiary/aromatic N) is 1. The highest BCUT2D eigenvalue weighted by molar-refractivity contribution is 6.07. The van der Waals surface area contributed by atoms with Gasteiger partial charge in [-0.05, 0) is 29.3 Å². The van der Waals surface area contributed by atoms with Crippen molar-refractivity contribution >= 4 is 21.7 Å². The summed E-state index contributed by atoms with van der Waals surface area (Å²) in [5.74, 6) is 0. The minimum atomic E-state index is -4.72. The molecular formula is C30H18F3NO2. The Balaban J connectivity index is 1.85. The molecule has 0 saturated carbocycles. The SMILES string of the molecule is O=c1ccc2c(C(F)(F)F)c(-n3c(-c4ccccc4)c4ccccc4c3-c3ccccc3)ccc2o1. The Hall–Kier alpha value is -4.58. The smallest absolute Gasteiger partial charge is 0.419 e. The van der Waals surface area contributed by atoms with Gasteiger partial charge in [-0.3, -0.25) is 0 Å². The first kappa shape index (κ1) is 21.9. The second-order valence-corrected chi connectivity index (χ2v) is 8.43. The van der Waals surface area contributed by atoms with E-state index in [4.69, 9.17) is 4.42 Å². The summed E-state index contributed by atoms with van der Waals surface area (Å²) in [5, 5.41) is 1.49. The first-order chi connectivity index (χ1) is 17.4. The fourth-order valence-electron chi connectivity index (χ4n) is 4.87. The first-order valence-corrected chi connectivity index (χ1v) is 11.3. The summed E-state index contributed by atoms with van der Waals surface area (Å²) in [6.45, 7) is 0. The van der Waals surface area contributed by atoms with Crippen molar-refractivity contribution in [2.45, 2.75) is 6.18 Å². The average Bonchev–Trinajstić information content (AvgIpc) is 3.23. The largest absolute Gasteiger partial charge is 0.423 e. The summed E-state index contributed by atoms with van der Waals surface area (Å²) in [7, 11) is 0. The number of benzene rings is 4. The van der Waals surface area contributed by atoms with Gasteiger partial charge in [0.1, 0.15) is 5.58 Å². The summed E-state index contributed by atoms with van der Waals surface area (Å²) in [4.78, 5) is 11.7. The van der Waals surface area contributed by atoms with Gasteiger partial charge in [0.25, 0.3) is 0 Å². The molecule has 0 spiro atoms. The van der Waals surface area contributed by atoms with E-state index in [2.05, 4.69) is 0 Å². The van der Waals surface area contributed by atoms with Crippen LogP contribution in [0.3, 0.4) is 0 Å². The lowest BCUT2D eigenvalue weighted by Gasteiger charge is -2.21. The van der Waals surface area contributed by atoms with Gasteiger partial charge < -0.3 is 8.98 Å². The highest BCUT2D eigenvalue weighted by atomic mass is 19.4. The minimum Gasteiger partial charge on any atom is -0.423 e. The highest BCUT2D eigenvalue weighted by Crippen LogP contribution is 2.46. The summed E-state index contributed by atoms with van der Waals surface area (Å²) in [6, 6.07) is 31.4. The van der Waals surface area contributed by atoms with Crippen molar-refractivity contribution in [2.24, 2.45) is 0 Å². The zero-order valence-corrected chi connectivity index (χ0v) is 18.8. The maximum Gasteiger partial charge on any atom is 0.419 e. The van der Waals surface area contributed by atoms with Gasteiger partial charge in [0.15, 0.2) is 0 Å². The third-order valence-electron chi connectivity index (χ3n) is 6.28. The summed E-state index contributed by atoms with van der Waals surface area (Å²) >= 11 is 0. The number of fused-ring (bicyclic) bond motifs is 2. The van der Waals surface area contributed by atoms with E-state index >= 15 is 0 Å². The highest BCUT2D eigenvalue weighted by Gasteiger charge is 2.38. The zero-order chi connectivity index (χ0) is 24.9. The Bertz CT molecular complexity index is 1710. The molecule has 0 aliphatic rings. The lowest BCUT2D eigenvalue weighted by atomic mass is 10.0. The van der Waals surface area contributed by atoms with Gasteiger partial charge in [-0.2, -0.15) is 13.2 Å². The maximum absolute atomic E-state index is 14.8. The van der Waals surface area contributed by atoms with Crippen molar-refractivity contribution in [3.8, 4) is 28.2 Å². The molecule has 0 aliphatic carbocycles.